The van der Waals surface area contributed by atoms with Crippen molar-refractivity contribution in [1.29, 1.82) is 0 Å². The molecule has 3 rings (SSSR count). The minimum Gasteiger partial charge on any atom is -0.350 e. The van der Waals surface area contributed by atoms with Gasteiger partial charge in [-0.05, 0) is 29.8 Å². The average Bonchev–Trinajstić information content (AvgIpc) is 2.91. The number of sulfonamides is 1. The van der Waals surface area contributed by atoms with Crippen LogP contribution in [0.2, 0.25) is 0 Å². The minimum absolute atomic E-state index is 0.144. The molecule has 0 atom stereocenters. The number of carbonyl (C=O) groups excluding carboxylic acids is 1. The maximum atomic E-state index is 12.4. The van der Waals surface area contributed by atoms with E-state index in [4.69, 9.17) is 0 Å². The molecule has 1 amide bonds. The van der Waals surface area contributed by atoms with Crippen molar-refractivity contribution in [3.8, 4) is 0 Å². The molecule has 6 nitrogen and oxygen atoms in total. The lowest BCUT2D eigenvalue weighted by molar-refractivity contribution is -0.115. The van der Waals surface area contributed by atoms with Crippen molar-refractivity contribution in [1.82, 2.24) is 8.87 Å². The molecule has 1 heterocycles. The highest BCUT2D eigenvalue weighted by molar-refractivity contribution is 7.89. The van der Waals surface area contributed by atoms with Gasteiger partial charge in [0.1, 0.15) is 0 Å². The van der Waals surface area contributed by atoms with E-state index in [1.165, 1.54) is 26.2 Å². The summed E-state index contributed by atoms with van der Waals surface area (Å²) in [7, 11) is 1.35. The summed E-state index contributed by atoms with van der Waals surface area (Å²) in [5.74, 6) is -0.194. The fraction of sp³-hybridized carbons (Fsp3) is 0.211. The highest BCUT2D eigenvalue weighted by Gasteiger charge is 2.18. The van der Waals surface area contributed by atoms with Crippen molar-refractivity contribution >= 4 is 32.5 Å². The summed E-state index contributed by atoms with van der Waals surface area (Å²) in [6, 6.07) is 14.2. The summed E-state index contributed by atoms with van der Waals surface area (Å²) in [5, 5.41) is 3.82. The summed E-state index contributed by atoms with van der Waals surface area (Å²) < 4.78 is 27.6. The van der Waals surface area contributed by atoms with Crippen LogP contribution in [0.4, 0.5) is 5.69 Å². The predicted molar refractivity (Wildman–Crippen MR) is 103 cm³/mol. The normalized spacial score (nSPS) is 11.8. The molecule has 0 aliphatic rings. The van der Waals surface area contributed by atoms with Crippen molar-refractivity contribution in [2.24, 2.45) is 7.05 Å². The van der Waals surface area contributed by atoms with Crippen LogP contribution >= 0.6 is 0 Å². The molecule has 0 bridgehead atoms. The molecule has 0 saturated heterocycles. The monoisotopic (exact) mass is 371 g/mol. The van der Waals surface area contributed by atoms with E-state index in [1.54, 1.807) is 12.1 Å². The second-order valence-corrected chi connectivity index (χ2v) is 8.47. The van der Waals surface area contributed by atoms with E-state index in [-0.39, 0.29) is 17.2 Å². The summed E-state index contributed by atoms with van der Waals surface area (Å²) >= 11 is 0. The number of aryl methyl sites for hydroxylation is 1. The first-order chi connectivity index (χ1) is 12.3. The average molecular weight is 371 g/mol. The van der Waals surface area contributed by atoms with Crippen LogP contribution in [0.15, 0.2) is 59.6 Å². The maximum Gasteiger partial charge on any atom is 0.242 e. The molecule has 0 unspecified atom stereocenters. The number of benzene rings is 2. The van der Waals surface area contributed by atoms with Gasteiger partial charge in [0.2, 0.25) is 15.9 Å². The van der Waals surface area contributed by atoms with E-state index < -0.39 is 10.0 Å². The molecule has 0 aliphatic carbocycles. The van der Waals surface area contributed by atoms with Gasteiger partial charge in [0.25, 0.3) is 0 Å². The lowest BCUT2D eigenvalue weighted by atomic mass is 10.1. The number of rotatable bonds is 5. The topological polar surface area (TPSA) is 71.4 Å². The zero-order chi connectivity index (χ0) is 18.9. The van der Waals surface area contributed by atoms with Crippen LogP contribution in [-0.4, -0.2) is 37.3 Å². The fourth-order valence-electron chi connectivity index (χ4n) is 2.89. The zero-order valence-electron chi connectivity index (χ0n) is 14.9. The van der Waals surface area contributed by atoms with Crippen LogP contribution in [0.5, 0.6) is 0 Å². The molecule has 0 saturated carbocycles. The number of nitrogens with one attached hydrogen (secondary N) is 1. The molecule has 1 aromatic heterocycles. The van der Waals surface area contributed by atoms with Gasteiger partial charge in [-0.2, -0.15) is 0 Å². The lowest BCUT2D eigenvalue weighted by Crippen LogP contribution is -2.22. The fourth-order valence-corrected chi connectivity index (χ4v) is 3.84. The number of fused-ring (bicyclic) bond motifs is 1. The number of hydrogen-bond acceptors (Lipinski definition) is 3. The van der Waals surface area contributed by atoms with Gasteiger partial charge in [-0.1, -0.05) is 24.3 Å². The first kappa shape index (κ1) is 18.2. The van der Waals surface area contributed by atoms with E-state index in [0.717, 1.165) is 20.8 Å². The Morgan fingerprint density at radius 3 is 2.58 bits per heavy atom. The predicted octanol–water partition coefficient (Wildman–Crippen LogP) is 2.61. The molecule has 2 aromatic carbocycles. The number of amides is 1. The number of nitrogens with zero attached hydrogens (tertiary/aromatic N) is 2. The van der Waals surface area contributed by atoms with Crippen LogP contribution < -0.4 is 5.32 Å². The zero-order valence-corrected chi connectivity index (χ0v) is 15.7. The van der Waals surface area contributed by atoms with Crippen LogP contribution in [0, 0.1) is 0 Å². The standard InChI is InChI=1S/C19H21N3O3S/c1-21(2)26(24,25)16-8-6-7-15(12-16)20-19(23)11-14-13-22(3)18-10-5-4-9-17(14)18/h4-10,12-13H,11H2,1-3H3,(H,20,23). The Balaban J connectivity index is 1.80. The molecule has 7 heteroatoms. The molecule has 3 aromatic rings. The molecule has 1 N–H and O–H groups in total. The Bertz CT molecular complexity index is 1070. The van der Waals surface area contributed by atoms with Gasteiger partial charge in [-0.25, -0.2) is 12.7 Å². The number of para-hydroxylation sites is 1. The van der Waals surface area contributed by atoms with Crippen molar-refractivity contribution in [3.63, 3.8) is 0 Å². The number of hydrogen-bond donors (Lipinski definition) is 1. The summed E-state index contributed by atoms with van der Waals surface area (Å²) in [5.41, 5.74) is 2.45. The lowest BCUT2D eigenvalue weighted by Gasteiger charge is -2.12. The SMILES string of the molecule is CN(C)S(=O)(=O)c1cccc(NC(=O)Cc2cn(C)c3ccccc23)c1. The Kier molecular flexibility index (Phi) is 4.84. The second kappa shape index (κ2) is 6.93. The Morgan fingerprint density at radius 2 is 1.85 bits per heavy atom. The Morgan fingerprint density at radius 1 is 1.12 bits per heavy atom. The largest absolute Gasteiger partial charge is 0.350 e. The van der Waals surface area contributed by atoms with Crippen molar-refractivity contribution in [3.05, 3.63) is 60.3 Å². The Hall–Kier alpha value is -2.64. The first-order valence-corrected chi connectivity index (χ1v) is 9.58. The highest BCUT2D eigenvalue weighted by Crippen LogP contribution is 2.22. The van der Waals surface area contributed by atoms with Crippen LogP contribution in [0.25, 0.3) is 10.9 Å². The van der Waals surface area contributed by atoms with Gasteiger partial charge in [0, 0.05) is 43.9 Å². The molecule has 0 aliphatic heterocycles. The van der Waals surface area contributed by atoms with Gasteiger partial charge in [-0.3, -0.25) is 4.79 Å². The van der Waals surface area contributed by atoms with E-state index >= 15 is 0 Å². The molecule has 0 radical (unpaired) electrons. The van der Waals surface area contributed by atoms with Crippen molar-refractivity contribution in [2.45, 2.75) is 11.3 Å². The molecule has 136 valence electrons. The van der Waals surface area contributed by atoms with Gasteiger partial charge in [0.15, 0.2) is 0 Å². The van der Waals surface area contributed by atoms with Gasteiger partial charge in [0.05, 0.1) is 11.3 Å². The highest BCUT2D eigenvalue weighted by atomic mass is 32.2. The number of anilines is 1. The van der Waals surface area contributed by atoms with Crippen LogP contribution in [0.3, 0.4) is 0 Å². The summed E-state index contributed by atoms with van der Waals surface area (Å²) in [4.78, 5) is 12.6. The van der Waals surface area contributed by atoms with E-state index in [1.807, 2.05) is 42.1 Å². The molecule has 0 spiro atoms. The molecule has 0 fully saturated rings. The van der Waals surface area contributed by atoms with E-state index in [9.17, 15) is 13.2 Å². The van der Waals surface area contributed by atoms with Crippen LogP contribution in [-0.2, 0) is 28.3 Å². The van der Waals surface area contributed by atoms with Gasteiger partial charge < -0.3 is 9.88 Å². The third-order valence-corrected chi connectivity index (χ3v) is 6.04. The third kappa shape index (κ3) is 3.49. The van der Waals surface area contributed by atoms with Crippen molar-refractivity contribution in [2.75, 3.05) is 19.4 Å². The van der Waals surface area contributed by atoms with Gasteiger partial charge in [-0.15, -0.1) is 0 Å². The smallest absolute Gasteiger partial charge is 0.242 e. The van der Waals surface area contributed by atoms with Crippen molar-refractivity contribution < 1.29 is 13.2 Å². The number of carbonyl (C=O) groups is 1. The second-order valence-electron chi connectivity index (χ2n) is 6.32. The minimum atomic E-state index is -3.54. The summed E-state index contributed by atoms with van der Waals surface area (Å²) in [6.07, 6.45) is 2.16. The molecular weight excluding hydrogens is 350 g/mol. The molecular formula is C19H21N3O3S. The first-order valence-electron chi connectivity index (χ1n) is 8.14. The van der Waals surface area contributed by atoms with E-state index in [0.29, 0.717) is 5.69 Å². The molecule has 26 heavy (non-hydrogen) atoms. The maximum absolute atomic E-state index is 12.4. The Labute approximate surface area is 153 Å². The van der Waals surface area contributed by atoms with Gasteiger partial charge >= 0.3 is 0 Å². The summed E-state index contributed by atoms with van der Waals surface area (Å²) in [6.45, 7) is 0. The van der Waals surface area contributed by atoms with E-state index in [2.05, 4.69) is 5.32 Å². The van der Waals surface area contributed by atoms with Crippen LogP contribution in [0.1, 0.15) is 5.56 Å². The quantitative estimate of drug-likeness (QED) is 0.749. The third-order valence-electron chi connectivity index (χ3n) is 4.23. The number of aromatic nitrogens is 1.